The first kappa shape index (κ1) is 42.0. The van der Waals surface area contributed by atoms with Crippen molar-refractivity contribution in [2.75, 3.05) is 9.80 Å². The number of hydrogen-bond donors (Lipinski definition) is 0. The zero-order valence-electron chi connectivity index (χ0n) is 40.5. The van der Waals surface area contributed by atoms with Gasteiger partial charge in [0.25, 0.3) is 0 Å². The molecule has 352 valence electrons. The number of hydrogen-bond acceptors (Lipinski definition) is 5. The van der Waals surface area contributed by atoms with Crippen molar-refractivity contribution in [3.05, 3.63) is 232 Å². The van der Waals surface area contributed by atoms with Crippen molar-refractivity contribution in [2.24, 2.45) is 0 Å². The zero-order chi connectivity index (χ0) is 49.1. The predicted molar refractivity (Wildman–Crippen MR) is 290 cm³/mol. The first-order chi connectivity index (χ1) is 35.5. The Kier molecular flexibility index (Phi) is 8.60. The number of benzene rings is 9. The first-order valence-corrected chi connectivity index (χ1v) is 25.0. The van der Waals surface area contributed by atoms with Crippen LogP contribution in [0, 0.1) is 11.6 Å². The first-order valence-electron chi connectivity index (χ1n) is 25.0. The smallest absolute Gasteiger partial charge is 0.137 e. The molecule has 0 bridgehead atoms. The van der Waals surface area contributed by atoms with Crippen LogP contribution >= 0.6 is 0 Å². The SMILES string of the molecule is CC1(C)c2ccccc2-c2cccc(N(c3ccc(F)cc3)c3ccc4c5c(oc4c3)=CC3c4cc6oc7cc(N(c8ccc(F)cc8)c8cccc9c8C(C)(C)c8ccccc8-9)ccc7c6cc4OC3C=5)c21. The summed E-state index contributed by atoms with van der Waals surface area (Å²) in [6.45, 7) is 9.14. The third-order valence-corrected chi connectivity index (χ3v) is 16.2. The van der Waals surface area contributed by atoms with Gasteiger partial charge in [0.2, 0.25) is 0 Å². The second-order valence-corrected chi connectivity index (χ2v) is 21.0. The van der Waals surface area contributed by atoms with Gasteiger partial charge >= 0.3 is 0 Å². The Bertz CT molecular complexity index is 4300. The molecule has 9 aromatic carbocycles. The number of nitrogens with zero attached hydrogens (tertiary/aromatic N) is 2. The largest absolute Gasteiger partial charge is 0.485 e. The molecule has 5 nitrogen and oxygen atoms in total. The summed E-state index contributed by atoms with van der Waals surface area (Å²) >= 11 is 0. The highest BCUT2D eigenvalue weighted by Crippen LogP contribution is 2.56. The summed E-state index contributed by atoms with van der Waals surface area (Å²) in [5.41, 5.74) is 19.0. The minimum absolute atomic E-state index is 0.0937. The van der Waals surface area contributed by atoms with Crippen LogP contribution in [0.1, 0.15) is 61.4 Å². The van der Waals surface area contributed by atoms with Gasteiger partial charge in [0.1, 0.15) is 45.7 Å². The van der Waals surface area contributed by atoms with Gasteiger partial charge in [-0.3, -0.25) is 0 Å². The molecule has 0 fully saturated rings. The lowest BCUT2D eigenvalue weighted by Gasteiger charge is -2.32. The van der Waals surface area contributed by atoms with Gasteiger partial charge in [-0.2, -0.15) is 0 Å². The van der Waals surface area contributed by atoms with Crippen molar-refractivity contribution < 1.29 is 22.4 Å². The summed E-state index contributed by atoms with van der Waals surface area (Å²) in [6.07, 6.45) is 4.16. The molecule has 3 aliphatic carbocycles. The molecular weight excluding hydrogens is 907 g/mol. The van der Waals surface area contributed by atoms with E-state index in [1.165, 1.54) is 68.8 Å². The van der Waals surface area contributed by atoms with Crippen molar-refractivity contribution in [1.29, 1.82) is 0 Å². The quantitative estimate of drug-likeness (QED) is 0.166. The lowest BCUT2D eigenvalue weighted by molar-refractivity contribution is 0.287. The molecule has 0 amide bonds. The van der Waals surface area contributed by atoms with Gasteiger partial charge in [0, 0.05) is 72.7 Å². The highest BCUT2D eigenvalue weighted by Gasteiger charge is 2.41. The third kappa shape index (κ3) is 5.99. The average Bonchev–Trinajstić information content (AvgIpc) is 4.17. The van der Waals surface area contributed by atoms with Crippen LogP contribution in [0.4, 0.5) is 42.9 Å². The van der Waals surface area contributed by atoms with Crippen LogP contribution in [0.3, 0.4) is 0 Å². The van der Waals surface area contributed by atoms with E-state index in [4.69, 9.17) is 13.6 Å². The third-order valence-electron chi connectivity index (χ3n) is 16.2. The highest BCUT2D eigenvalue weighted by molar-refractivity contribution is 6.07. The van der Waals surface area contributed by atoms with Crippen LogP contribution in [0.5, 0.6) is 5.75 Å². The molecule has 15 rings (SSSR count). The molecule has 2 aromatic heterocycles. The van der Waals surface area contributed by atoms with Gasteiger partial charge in [-0.25, -0.2) is 8.78 Å². The molecule has 0 saturated heterocycles. The molecule has 0 radical (unpaired) electrons. The van der Waals surface area contributed by atoms with E-state index in [1.54, 1.807) is 0 Å². The van der Waals surface area contributed by atoms with Crippen molar-refractivity contribution >= 4 is 79.2 Å². The van der Waals surface area contributed by atoms with Crippen molar-refractivity contribution in [2.45, 2.75) is 50.5 Å². The Morgan fingerprint density at radius 3 is 1.51 bits per heavy atom. The van der Waals surface area contributed by atoms with Crippen molar-refractivity contribution in [3.63, 3.8) is 0 Å². The van der Waals surface area contributed by atoms with Crippen LogP contribution in [0.2, 0.25) is 0 Å². The van der Waals surface area contributed by atoms with Gasteiger partial charge in [0.05, 0.1) is 17.3 Å². The number of furan rings is 2. The number of halogens is 2. The second-order valence-electron chi connectivity index (χ2n) is 21.0. The van der Waals surface area contributed by atoms with E-state index in [0.29, 0.717) is 0 Å². The number of anilines is 6. The second kappa shape index (κ2) is 14.9. The molecule has 7 heteroatoms. The van der Waals surface area contributed by atoms with Gasteiger partial charge in [0.15, 0.2) is 0 Å². The van der Waals surface area contributed by atoms with E-state index in [9.17, 15) is 8.78 Å². The number of rotatable bonds is 6. The van der Waals surface area contributed by atoms with Crippen LogP contribution in [0.25, 0.3) is 67.3 Å². The fraction of sp³-hybridized carbons (Fsp3) is 0.121. The van der Waals surface area contributed by atoms with Crippen molar-refractivity contribution in [3.8, 4) is 28.0 Å². The maximum absolute atomic E-state index is 14.5. The molecule has 0 saturated carbocycles. The normalized spacial score (nSPS) is 16.9. The Balaban J connectivity index is 0.810. The van der Waals surface area contributed by atoms with Gasteiger partial charge < -0.3 is 23.4 Å². The summed E-state index contributed by atoms with van der Waals surface area (Å²) in [6, 6.07) is 60.7. The molecule has 11 aromatic rings. The summed E-state index contributed by atoms with van der Waals surface area (Å²) in [4.78, 5) is 4.45. The Morgan fingerprint density at radius 1 is 0.438 bits per heavy atom. The molecule has 2 atom stereocenters. The Labute approximate surface area is 420 Å². The van der Waals surface area contributed by atoms with Gasteiger partial charge in [-0.15, -0.1) is 0 Å². The van der Waals surface area contributed by atoms with Gasteiger partial charge in [-0.1, -0.05) is 100 Å². The van der Waals surface area contributed by atoms with E-state index in [-0.39, 0.29) is 34.5 Å². The average molecular weight is 953 g/mol. The van der Waals surface area contributed by atoms with E-state index in [0.717, 1.165) is 89.0 Å². The maximum Gasteiger partial charge on any atom is 0.137 e. The summed E-state index contributed by atoms with van der Waals surface area (Å²) < 4.78 is 49.4. The summed E-state index contributed by atoms with van der Waals surface area (Å²) in [5, 5.41) is 3.96. The monoisotopic (exact) mass is 952 g/mol. The van der Waals surface area contributed by atoms with E-state index in [2.05, 4.69) is 183 Å². The molecule has 4 aliphatic rings. The minimum atomic E-state index is -0.286. The van der Waals surface area contributed by atoms with Gasteiger partial charge in [-0.05, 0) is 154 Å². The lowest BCUT2D eigenvalue weighted by atomic mass is 9.81. The standard InChI is InChI=1S/C66H46F2N2O3/c1-65(2)53-15-7-5-11-43(53)47-13-9-17-55(63(47)65)69(39-23-19-37(67)20-24-39)41-27-29-45-49-33-61-51(35-59(49)71-57(45)31-41)52-36-60-50(34-62(52)73-61)46-30-28-42(32-58(46)72-60)70(40-25-21-38(68)22-26-40)56-18-10-14-48-44-12-6-8-16-54(44)66(3,4)64(48)56/h5-36,51,61H,1-4H3. The summed E-state index contributed by atoms with van der Waals surface area (Å²) in [7, 11) is 0. The van der Waals surface area contributed by atoms with Crippen LogP contribution in [0.15, 0.2) is 191 Å². The zero-order valence-corrected chi connectivity index (χ0v) is 40.5. The molecule has 1 aliphatic heterocycles. The fourth-order valence-corrected chi connectivity index (χ4v) is 13.0. The number of fused-ring (bicyclic) bond motifs is 15. The predicted octanol–water partition coefficient (Wildman–Crippen LogP) is 16.3. The Hall–Kier alpha value is -8.68. The number of ether oxygens (including phenoxy) is 1. The van der Waals surface area contributed by atoms with Crippen molar-refractivity contribution in [1.82, 2.24) is 0 Å². The highest BCUT2D eigenvalue weighted by atomic mass is 19.1. The van der Waals surface area contributed by atoms with E-state index < -0.39 is 0 Å². The fourth-order valence-electron chi connectivity index (χ4n) is 13.0. The minimum Gasteiger partial charge on any atom is -0.485 e. The maximum atomic E-state index is 14.5. The lowest BCUT2D eigenvalue weighted by Crippen LogP contribution is -2.32. The molecule has 0 N–H and O–H groups in total. The summed E-state index contributed by atoms with van der Waals surface area (Å²) in [5.74, 6) is 0.158. The van der Waals surface area contributed by atoms with Crippen LogP contribution in [-0.2, 0) is 10.8 Å². The Morgan fingerprint density at radius 2 is 0.932 bits per heavy atom. The van der Waals surface area contributed by atoms with E-state index in [1.807, 2.05) is 24.3 Å². The van der Waals surface area contributed by atoms with E-state index >= 15 is 0 Å². The molecule has 73 heavy (non-hydrogen) atoms. The molecule has 0 spiro atoms. The van der Waals surface area contributed by atoms with Crippen LogP contribution < -0.4 is 25.2 Å². The molecule has 3 heterocycles. The molecule has 2 unspecified atom stereocenters. The molecular formula is C66H46F2N2O3. The topological polar surface area (TPSA) is 42.0 Å². The van der Waals surface area contributed by atoms with Crippen LogP contribution in [-0.4, -0.2) is 6.10 Å².